The molecule has 1 aromatic heterocycles. The lowest BCUT2D eigenvalue weighted by molar-refractivity contribution is 0.340. The highest BCUT2D eigenvalue weighted by Crippen LogP contribution is 2.20. The molecule has 2 N–H and O–H groups in total. The van der Waals surface area contributed by atoms with Crippen LogP contribution in [0.25, 0.3) is 0 Å². The Balaban J connectivity index is 1.80. The number of hydrogen-bond donors (Lipinski definition) is 2. The Morgan fingerprint density at radius 3 is 3.29 bits per heavy atom. The van der Waals surface area contributed by atoms with Gasteiger partial charge in [0.25, 0.3) is 0 Å². The molecule has 4 heteroatoms. The van der Waals surface area contributed by atoms with Gasteiger partial charge in [0.1, 0.15) is 0 Å². The molecule has 17 heavy (non-hydrogen) atoms. The quantitative estimate of drug-likeness (QED) is 0.792. The number of rotatable bonds is 6. The number of pyridine rings is 1. The number of aromatic nitrogens is 1. The van der Waals surface area contributed by atoms with E-state index in [9.17, 15) is 0 Å². The van der Waals surface area contributed by atoms with Gasteiger partial charge in [-0.15, -0.1) is 0 Å². The van der Waals surface area contributed by atoms with Gasteiger partial charge in [0.05, 0.1) is 6.61 Å². The topological polar surface area (TPSA) is 46.2 Å². The van der Waals surface area contributed by atoms with E-state index in [0.717, 1.165) is 24.5 Å². The molecule has 4 nitrogen and oxygen atoms in total. The van der Waals surface area contributed by atoms with Gasteiger partial charge in [0.15, 0.2) is 11.6 Å². The Labute approximate surface area is 103 Å². The van der Waals surface area contributed by atoms with E-state index in [1.165, 1.54) is 19.4 Å². The monoisotopic (exact) mass is 235 g/mol. The second-order valence-corrected chi connectivity index (χ2v) is 4.29. The van der Waals surface area contributed by atoms with Crippen molar-refractivity contribution in [3.63, 3.8) is 0 Å². The maximum Gasteiger partial charge on any atom is 0.168 e. The van der Waals surface area contributed by atoms with Crippen molar-refractivity contribution in [1.82, 2.24) is 10.3 Å². The average molecular weight is 235 g/mol. The molecule has 1 unspecified atom stereocenters. The fraction of sp³-hybridized carbons (Fsp3) is 0.615. The van der Waals surface area contributed by atoms with E-state index in [2.05, 4.69) is 15.6 Å². The van der Waals surface area contributed by atoms with Crippen LogP contribution in [0.15, 0.2) is 18.3 Å². The minimum atomic E-state index is 0.668. The van der Waals surface area contributed by atoms with Gasteiger partial charge in [-0.1, -0.05) is 0 Å². The third kappa shape index (κ3) is 3.60. The second-order valence-electron chi connectivity index (χ2n) is 4.29. The summed E-state index contributed by atoms with van der Waals surface area (Å²) < 4.78 is 5.52. The van der Waals surface area contributed by atoms with Crippen LogP contribution >= 0.6 is 0 Å². The molecule has 2 rings (SSSR count). The van der Waals surface area contributed by atoms with Crippen LogP contribution in [0.2, 0.25) is 0 Å². The summed E-state index contributed by atoms with van der Waals surface area (Å²) >= 11 is 0. The number of hydrogen-bond acceptors (Lipinski definition) is 4. The minimum Gasteiger partial charge on any atom is -0.490 e. The van der Waals surface area contributed by atoms with Gasteiger partial charge in [-0.25, -0.2) is 4.98 Å². The van der Waals surface area contributed by atoms with Crippen molar-refractivity contribution in [2.45, 2.75) is 32.2 Å². The van der Waals surface area contributed by atoms with Gasteiger partial charge in [0.2, 0.25) is 0 Å². The van der Waals surface area contributed by atoms with E-state index >= 15 is 0 Å². The number of ether oxygens (including phenoxy) is 1. The summed E-state index contributed by atoms with van der Waals surface area (Å²) in [6, 6.07) is 4.52. The third-order valence-corrected chi connectivity index (χ3v) is 3.02. The van der Waals surface area contributed by atoms with Crippen LogP contribution in [0.1, 0.15) is 26.2 Å². The molecule has 94 valence electrons. The van der Waals surface area contributed by atoms with E-state index in [1.807, 2.05) is 19.1 Å². The van der Waals surface area contributed by atoms with Gasteiger partial charge in [-0.05, 0) is 44.9 Å². The molecule has 0 aromatic carbocycles. The molecular weight excluding hydrogens is 214 g/mol. The van der Waals surface area contributed by atoms with Gasteiger partial charge in [0, 0.05) is 18.8 Å². The zero-order chi connectivity index (χ0) is 11.9. The third-order valence-electron chi connectivity index (χ3n) is 3.02. The van der Waals surface area contributed by atoms with Crippen LogP contribution in [0.4, 0.5) is 5.82 Å². The first-order chi connectivity index (χ1) is 8.40. The number of anilines is 1. The maximum atomic E-state index is 5.52. The highest BCUT2D eigenvalue weighted by molar-refractivity contribution is 5.49. The Kier molecular flexibility index (Phi) is 4.62. The molecule has 1 aromatic rings. The largest absolute Gasteiger partial charge is 0.490 e. The predicted molar refractivity (Wildman–Crippen MR) is 69.5 cm³/mol. The van der Waals surface area contributed by atoms with E-state index in [-0.39, 0.29) is 0 Å². The number of nitrogens with one attached hydrogen (secondary N) is 2. The lowest BCUT2D eigenvalue weighted by Crippen LogP contribution is -2.24. The maximum absolute atomic E-state index is 5.52. The lowest BCUT2D eigenvalue weighted by Gasteiger charge is -2.13. The first-order valence-corrected chi connectivity index (χ1v) is 6.45. The SMILES string of the molecule is CCOc1cccnc1NCCC1CCCN1. The molecule has 1 saturated heterocycles. The Hall–Kier alpha value is -1.29. The zero-order valence-electron chi connectivity index (χ0n) is 10.4. The first kappa shape index (κ1) is 12.2. The predicted octanol–water partition coefficient (Wildman–Crippen LogP) is 2.03. The zero-order valence-corrected chi connectivity index (χ0v) is 10.4. The Bertz CT molecular complexity index is 337. The molecule has 1 aliphatic heterocycles. The van der Waals surface area contributed by atoms with Gasteiger partial charge in [-0.3, -0.25) is 0 Å². The Morgan fingerprint density at radius 1 is 1.59 bits per heavy atom. The van der Waals surface area contributed by atoms with Gasteiger partial charge < -0.3 is 15.4 Å². The molecule has 0 radical (unpaired) electrons. The molecule has 1 fully saturated rings. The smallest absolute Gasteiger partial charge is 0.168 e. The molecule has 1 aliphatic rings. The molecule has 0 bridgehead atoms. The summed E-state index contributed by atoms with van der Waals surface area (Å²) in [5, 5.41) is 6.84. The fourth-order valence-corrected chi connectivity index (χ4v) is 2.16. The van der Waals surface area contributed by atoms with E-state index < -0.39 is 0 Å². The van der Waals surface area contributed by atoms with Crippen LogP contribution in [-0.4, -0.2) is 30.7 Å². The average Bonchev–Trinajstić information content (AvgIpc) is 2.85. The van der Waals surface area contributed by atoms with Crippen molar-refractivity contribution in [1.29, 1.82) is 0 Å². The molecule has 2 heterocycles. The Morgan fingerprint density at radius 2 is 2.53 bits per heavy atom. The van der Waals surface area contributed by atoms with Crippen molar-refractivity contribution >= 4 is 5.82 Å². The molecule has 0 saturated carbocycles. The normalized spacial score (nSPS) is 19.2. The summed E-state index contributed by atoms with van der Waals surface area (Å²) in [6.07, 6.45) is 5.53. The second kappa shape index (κ2) is 6.45. The van der Waals surface area contributed by atoms with E-state index in [1.54, 1.807) is 6.20 Å². The van der Waals surface area contributed by atoms with Gasteiger partial charge >= 0.3 is 0 Å². The number of nitrogens with zero attached hydrogens (tertiary/aromatic N) is 1. The highest BCUT2D eigenvalue weighted by Gasteiger charge is 2.13. The molecule has 0 amide bonds. The summed E-state index contributed by atoms with van der Waals surface area (Å²) in [6.45, 7) is 4.76. The summed E-state index contributed by atoms with van der Waals surface area (Å²) in [5.41, 5.74) is 0. The molecular formula is C13H21N3O. The lowest BCUT2D eigenvalue weighted by atomic mass is 10.1. The van der Waals surface area contributed by atoms with Crippen molar-refractivity contribution in [3.05, 3.63) is 18.3 Å². The van der Waals surface area contributed by atoms with E-state index in [4.69, 9.17) is 4.74 Å². The molecule has 0 spiro atoms. The van der Waals surface area contributed by atoms with Crippen molar-refractivity contribution < 1.29 is 4.74 Å². The highest BCUT2D eigenvalue weighted by atomic mass is 16.5. The van der Waals surface area contributed by atoms with Crippen LogP contribution < -0.4 is 15.4 Å². The fourth-order valence-electron chi connectivity index (χ4n) is 2.16. The van der Waals surface area contributed by atoms with E-state index in [0.29, 0.717) is 12.6 Å². The van der Waals surface area contributed by atoms with Crippen LogP contribution in [0.5, 0.6) is 5.75 Å². The molecule has 0 aliphatic carbocycles. The van der Waals surface area contributed by atoms with Crippen molar-refractivity contribution in [2.24, 2.45) is 0 Å². The van der Waals surface area contributed by atoms with Crippen LogP contribution in [-0.2, 0) is 0 Å². The van der Waals surface area contributed by atoms with Crippen molar-refractivity contribution in [3.8, 4) is 5.75 Å². The summed E-state index contributed by atoms with van der Waals surface area (Å²) in [7, 11) is 0. The summed E-state index contributed by atoms with van der Waals surface area (Å²) in [4.78, 5) is 4.30. The summed E-state index contributed by atoms with van der Waals surface area (Å²) in [5.74, 6) is 1.70. The first-order valence-electron chi connectivity index (χ1n) is 6.45. The van der Waals surface area contributed by atoms with Crippen LogP contribution in [0.3, 0.4) is 0 Å². The standard InChI is InChI=1S/C13H21N3O/c1-2-17-12-6-4-9-15-13(12)16-10-7-11-5-3-8-14-11/h4,6,9,11,14H,2-3,5,7-8,10H2,1H3,(H,15,16). The van der Waals surface area contributed by atoms with Crippen molar-refractivity contribution in [2.75, 3.05) is 25.0 Å². The van der Waals surface area contributed by atoms with Gasteiger partial charge in [-0.2, -0.15) is 0 Å². The minimum absolute atomic E-state index is 0.668. The van der Waals surface area contributed by atoms with Crippen LogP contribution in [0, 0.1) is 0 Å². The molecule has 1 atom stereocenters.